The molecule has 2 N–H and O–H groups in total. The lowest BCUT2D eigenvalue weighted by molar-refractivity contribution is -0.143. The van der Waals surface area contributed by atoms with Gasteiger partial charge in [0.05, 0.1) is 0 Å². The number of imide groups is 2. The Kier molecular flexibility index (Phi) is 7.80. The second kappa shape index (κ2) is 11.8. The smallest absolute Gasteiger partial charge is 0.326 e. The minimum atomic E-state index is -1.55. The third-order valence-corrected chi connectivity index (χ3v) is 8.94. The van der Waals surface area contributed by atoms with Crippen LogP contribution in [0.5, 0.6) is 11.5 Å². The fraction of sp³-hybridized carbons (Fsp3) is 0.189. The summed E-state index contributed by atoms with van der Waals surface area (Å²) in [5, 5.41) is 4.44. The second-order valence-electron chi connectivity index (χ2n) is 12.1. The summed E-state index contributed by atoms with van der Waals surface area (Å²) in [6.45, 7) is 3.92. The SMILES string of the molecule is CC(C)(C1=CCC(C(=O)Oc2ccccc2)(C2=CC(=O)NC2=O)C=C1)C1=CCC(C(=O)Oc2ccccc2)(C2=CC(=O)NC2=O)C=C1. The molecule has 236 valence electrons. The van der Waals surface area contributed by atoms with Crippen molar-refractivity contribution in [1.82, 2.24) is 10.6 Å². The summed E-state index contributed by atoms with van der Waals surface area (Å²) in [6, 6.07) is 16.9. The molecule has 10 heteroatoms. The van der Waals surface area contributed by atoms with Gasteiger partial charge in [-0.2, -0.15) is 0 Å². The lowest BCUT2D eigenvalue weighted by Gasteiger charge is -2.37. The first-order chi connectivity index (χ1) is 22.4. The van der Waals surface area contributed by atoms with Gasteiger partial charge in [0.15, 0.2) is 0 Å². The van der Waals surface area contributed by atoms with Gasteiger partial charge in [-0.1, -0.05) is 86.7 Å². The number of esters is 2. The van der Waals surface area contributed by atoms with Crippen LogP contribution in [0, 0.1) is 16.2 Å². The number of hydrogen-bond acceptors (Lipinski definition) is 8. The zero-order chi connectivity index (χ0) is 33.4. The Hall–Kier alpha value is -5.90. The predicted molar refractivity (Wildman–Crippen MR) is 169 cm³/mol. The number of carbonyl (C=O) groups excluding carboxylic acids is 6. The summed E-state index contributed by atoms with van der Waals surface area (Å²) >= 11 is 0. The van der Waals surface area contributed by atoms with E-state index in [9.17, 15) is 28.8 Å². The average molecular weight is 631 g/mol. The molecule has 2 atom stereocenters. The lowest BCUT2D eigenvalue weighted by atomic mass is 9.66. The molecule has 10 nitrogen and oxygen atoms in total. The van der Waals surface area contributed by atoms with Gasteiger partial charge >= 0.3 is 11.9 Å². The molecule has 4 aliphatic rings. The molecule has 0 spiro atoms. The van der Waals surface area contributed by atoms with Crippen LogP contribution in [0.15, 0.2) is 132 Å². The van der Waals surface area contributed by atoms with Crippen LogP contribution in [0.25, 0.3) is 0 Å². The third-order valence-electron chi connectivity index (χ3n) is 8.94. The fourth-order valence-corrected chi connectivity index (χ4v) is 6.15. The highest BCUT2D eigenvalue weighted by Crippen LogP contribution is 2.48. The maximum absolute atomic E-state index is 13.7. The maximum Gasteiger partial charge on any atom is 0.326 e. The van der Waals surface area contributed by atoms with E-state index in [-0.39, 0.29) is 24.0 Å². The molecule has 2 aliphatic carbocycles. The topological polar surface area (TPSA) is 145 Å². The van der Waals surface area contributed by atoms with Crippen molar-refractivity contribution in [3.8, 4) is 11.5 Å². The molecule has 0 saturated heterocycles. The Bertz CT molecular complexity index is 1780. The van der Waals surface area contributed by atoms with Crippen LogP contribution >= 0.6 is 0 Å². The zero-order valence-electron chi connectivity index (χ0n) is 25.6. The summed E-state index contributed by atoms with van der Waals surface area (Å²) in [7, 11) is 0. The van der Waals surface area contributed by atoms with Gasteiger partial charge in [0.2, 0.25) is 0 Å². The van der Waals surface area contributed by atoms with E-state index in [0.717, 1.165) is 23.3 Å². The van der Waals surface area contributed by atoms with E-state index < -0.39 is 51.8 Å². The van der Waals surface area contributed by atoms with Gasteiger partial charge in [0.1, 0.15) is 22.3 Å². The van der Waals surface area contributed by atoms with Crippen LogP contribution in [-0.4, -0.2) is 35.6 Å². The number of ether oxygens (including phenoxy) is 2. The van der Waals surface area contributed by atoms with E-state index in [1.54, 1.807) is 85.0 Å². The number of nitrogens with one attached hydrogen (secondary N) is 2. The van der Waals surface area contributed by atoms with Gasteiger partial charge in [0, 0.05) is 28.7 Å². The molecular weight excluding hydrogens is 600 g/mol. The monoisotopic (exact) mass is 630 g/mol. The fourth-order valence-electron chi connectivity index (χ4n) is 6.15. The Morgan fingerprint density at radius 1 is 0.638 bits per heavy atom. The number of benzene rings is 2. The molecule has 0 aromatic heterocycles. The molecule has 2 aromatic carbocycles. The van der Waals surface area contributed by atoms with Gasteiger partial charge < -0.3 is 9.47 Å². The van der Waals surface area contributed by atoms with Gasteiger partial charge in [-0.15, -0.1) is 0 Å². The summed E-state index contributed by atoms with van der Waals surface area (Å²) in [5.41, 5.74) is -2.19. The van der Waals surface area contributed by atoms with E-state index in [4.69, 9.17) is 9.47 Å². The summed E-state index contributed by atoms with van der Waals surface area (Å²) < 4.78 is 11.3. The minimum absolute atomic E-state index is 0.0102. The highest BCUT2D eigenvalue weighted by atomic mass is 16.5. The van der Waals surface area contributed by atoms with Crippen molar-refractivity contribution >= 4 is 35.6 Å². The Morgan fingerprint density at radius 2 is 1.02 bits per heavy atom. The number of rotatable bonds is 8. The van der Waals surface area contributed by atoms with Crippen molar-refractivity contribution in [2.75, 3.05) is 0 Å². The van der Waals surface area contributed by atoms with E-state index >= 15 is 0 Å². The number of amides is 4. The number of para-hydroxylation sites is 2. The van der Waals surface area contributed by atoms with Crippen LogP contribution in [-0.2, 0) is 28.8 Å². The third kappa shape index (κ3) is 5.58. The molecule has 2 aromatic rings. The van der Waals surface area contributed by atoms with Crippen LogP contribution in [0.3, 0.4) is 0 Å². The van der Waals surface area contributed by atoms with E-state index in [0.29, 0.717) is 11.5 Å². The number of hydrogen-bond donors (Lipinski definition) is 2. The maximum atomic E-state index is 13.7. The number of carbonyl (C=O) groups is 6. The second-order valence-corrected chi connectivity index (χ2v) is 12.1. The quantitative estimate of drug-likeness (QED) is 0.252. The molecular formula is C37H30N2O8. The Morgan fingerprint density at radius 3 is 1.32 bits per heavy atom. The van der Waals surface area contributed by atoms with Gasteiger partial charge in [-0.3, -0.25) is 39.4 Å². The van der Waals surface area contributed by atoms with Gasteiger partial charge in [-0.05, 0) is 48.3 Å². The van der Waals surface area contributed by atoms with Crippen molar-refractivity contribution in [1.29, 1.82) is 0 Å². The molecule has 6 rings (SSSR count). The van der Waals surface area contributed by atoms with E-state index in [1.807, 2.05) is 26.0 Å². The first kappa shape index (κ1) is 31.1. The van der Waals surface area contributed by atoms with Crippen LogP contribution in [0.1, 0.15) is 26.7 Å². The minimum Gasteiger partial charge on any atom is -0.426 e. The van der Waals surface area contributed by atoms with Crippen LogP contribution < -0.4 is 20.1 Å². The Balaban J connectivity index is 1.29. The molecule has 47 heavy (non-hydrogen) atoms. The predicted octanol–water partition coefficient (Wildman–Crippen LogP) is 4.13. The summed E-state index contributed by atoms with van der Waals surface area (Å²) in [5.74, 6) is -3.38. The number of allylic oxidation sites excluding steroid dienone is 6. The van der Waals surface area contributed by atoms with Crippen molar-refractivity contribution in [3.05, 3.63) is 132 Å². The molecule has 0 saturated carbocycles. The zero-order valence-corrected chi connectivity index (χ0v) is 25.6. The first-order valence-corrected chi connectivity index (χ1v) is 14.9. The van der Waals surface area contributed by atoms with Crippen molar-refractivity contribution in [2.24, 2.45) is 16.2 Å². The normalized spacial score (nSPS) is 23.7. The molecule has 0 fully saturated rings. The lowest BCUT2D eigenvalue weighted by Crippen LogP contribution is -2.40. The highest BCUT2D eigenvalue weighted by molar-refractivity contribution is 6.20. The first-order valence-electron chi connectivity index (χ1n) is 14.9. The molecule has 0 bridgehead atoms. The van der Waals surface area contributed by atoms with E-state index in [2.05, 4.69) is 10.6 Å². The Labute approximate surface area is 270 Å². The summed E-state index contributed by atoms with van der Waals surface area (Å²) in [4.78, 5) is 77.1. The molecule has 2 aliphatic heterocycles. The van der Waals surface area contributed by atoms with Crippen molar-refractivity contribution in [2.45, 2.75) is 26.7 Å². The molecule has 2 unspecified atom stereocenters. The summed E-state index contributed by atoms with van der Waals surface area (Å²) in [6.07, 6.45) is 12.6. The van der Waals surface area contributed by atoms with Gasteiger partial charge in [-0.25, -0.2) is 0 Å². The van der Waals surface area contributed by atoms with Crippen molar-refractivity contribution in [3.63, 3.8) is 0 Å². The highest BCUT2D eigenvalue weighted by Gasteiger charge is 2.50. The van der Waals surface area contributed by atoms with Crippen LogP contribution in [0.2, 0.25) is 0 Å². The average Bonchev–Trinajstić information content (AvgIpc) is 3.60. The van der Waals surface area contributed by atoms with Gasteiger partial charge in [0.25, 0.3) is 23.6 Å². The molecule has 0 radical (unpaired) electrons. The van der Waals surface area contributed by atoms with Crippen LogP contribution in [0.4, 0.5) is 0 Å². The largest absolute Gasteiger partial charge is 0.426 e. The van der Waals surface area contributed by atoms with E-state index in [1.165, 1.54) is 0 Å². The molecule has 4 amide bonds. The standard InChI is InChI=1S/C37H30N2O8/c1-35(2,23-13-17-36(18-14-23,27-21-29(40)38-31(27)42)33(44)46-25-9-5-3-6-10-25)24-15-19-37(20-16-24,28-22-30(41)39-32(28)43)34(45)47-26-11-7-4-8-12-26/h3-17,19,21-22H,18,20H2,1-2H3,(H,38,40,42)(H,39,41,43). The van der Waals surface area contributed by atoms with Crippen molar-refractivity contribution < 1.29 is 38.2 Å². The molecule has 2 heterocycles.